The summed E-state index contributed by atoms with van der Waals surface area (Å²) in [7, 11) is 0. The molecule has 0 saturated heterocycles. The van der Waals surface area contributed by atoms with E-state index < -0.39 is 0 Å². The van der Waals surface area contributed by atoms with Gasteiger partial charge in [-0.1, -0.05) is 6.08 Å². The van der Waals surface area contributed by atoms with Crippen molar-refractivity contribution in [1.82, 2.24) is 0 Å². The molecule has 0 bridgehead atoms. The number of aliphatic hydroxyl groups excluding tert-OH is 1. The first kappa shape index (κ1) is 8.82. The first-order valence-corrected chi connectivity index (χ1v) is 1.13. The smallest absolute Gasteiger partial charge is 0.0609 e. The first-order valence-electron chi connectivity index (χ1n) is 1.13. The molecule has 0 rings (SSSR count). The van der Waals surface area contributed by atoms with E-state index in [0.717, 1.165) is 0 Å². The molecule has 0 saturated carbocycles. The Kier molecular flexibility index (Phi) is 16.7. The average Bonchev–Trinajstić information content (AvgIpc) is 1.37. The zero-order valence-electron chi connectivity index (χ0n) is 2.85. The Morgan fingerprint density at radius 1 is 1.80 bits per heavy atom. The summed E-state index contributed by atoms with van der Waals surface area (Å²) in [5, 5.41) is 7.76. The van der Waals surface area contributed by atoms with Crippen molar-refractivity contribution in [2.45, 2.75) is 0 Å². The fourth-order valence-electron chi connectivity index (χ4n) is 0. The number of hydrogen-bond donors (Lipinski definition) is 1. The summed E-state index contributed by atoms with van der Waals surface area (Å²) in [5.74, 6) is 0. The molecule has 0 aliphatic rings. The summed E-state index contributed by atoms with van der Waals surface area (Å²) in [6, 6.07) is 0. The first-order chi connectivity index (χ1) is 1.91. The van der Waals surface area contributed by atoms with Crippen molar-refractivity contribution in [1.29, 1.82) is 0 Å². The molecule has 1 nitrogen and oxygen atoms in total. The van der Waals surface area contributed by atoms with Crippen molar-refractivity contribution in [3.8, 4) is 0 Å². The molecule has 0 spiro atoms. The van der Waals surface area contributed by atoms with E-state index in [1.165, 1.54) is 6.08 Å². The van der Waals surface area contributed by atoms with Gasteiger partial charge in [-0.3, -0.25) is 4.70 Å². The number of rotatable bonds is 1. The average molecular weight is 78.1 g/mol. The Morgan fingerprint density at radius 2 is 2.00 bits per heavy atom. The highest BCUT2D eigenvalue weighted by Gasteiger charge is 1.45. The third-order valence-corrected chi connectivity index (χ3v) is 0.129. The summed E-state index contributed by atoms with van der Waals surface area (Å²) in [6.07, 6.45) is 1.43. The van der Waals surface area contributed by atoms with Crippen LogP contribution in [-0.2, 0) is 0 Å². The maximum atomic E-state index is 7.76. The Labute approximate surface area is 30.3 Å². The van der Waals surface area contributed by atoms with Crippen LogP contribution in [0.5, 0.6) is 0 Å². The minimum Gasteiger partial charge on any atom is -0.392 e. The van der Waals surface area contributed by atoms with E-state index in [-0.39, 0.29) is 11.3 Å². The largest absolute Gasteiger partial charge is 0.392 e. The van der Waals surface area contributed by atoms with Crippen molar-refractivity contribution in [3.05, 3.63) is 12.7 Å². The molecule has 32 valence electrons. The Morgan fingerprint density at radius 3 is 2.00 bits per heavy atom. The Balaban J connectivity index is 0. The van der Waals surface area contributed by atoms with Crippen LogP contribution in [0.15, 0.2) is 12.7 Å². The van der Waals surface area contributed by atoms with Gasteiger partial charge in [0.05, 0.1) is 6.61 Å². The number of hydrogen-bond acceptors (Lipinski definition) is 1. The van der Waals surface area contributed by atoms with Crippen molar-refractivity contribution in [2.24, 2.45) is 0 Å². The van der Waals surface area contributed by atoms with Gasteiger partial charge in [-0.15, -0.1) is 6.58 Å². The number of halogens is 1. The molecular weight excluding hydrogens is 71.0 g/mol. The van der Waals surface area contributed by atoms with Crippen LogP contribution in [0, 0.1) is 0 Å². The molecule has 0 heterocycles. The predicted molar refractivity (Wildman–Crippen MR) is 19.8 cm³/mol. The zero-order valence-corrected chi connectivity index (χ0v) is 2.85. The van der Waals surface area contributed by atoms with Gasteiger partial charge in [0.25, 0.3) is 0 Å². The lowest BCUT2D eigenvalue weighted by molar-refractivity contribution is 0.343. The molecule has 0 aromatic heterocycles. The normalized spacial score (nSPS) is 5.00. The highest BCUT2D eigenvalue weighted by molar-refractivity contribution is 4.60. The van der Waals surface area contributed by atoms with E-state index in [1.54, 1.807) is 0 Å². The van der Waals surface area contributed by atoms with Gasteiger partial charge in [0.15, 0.2) is 0 Å². The second kappa shape index (κ2) is 9.45. The quantitative estimate of drug-likeness (QED) is 0.448. The molecule has 0 aromatic carbocycles. The van der Waals surface area contributed by atoms with Gasteiger partial charge in [-0.2, -0.15) is 0 Å². The van der Waals surface area contributed by atoms with Gasteiger partial charge < -0.3 is 5.11 Å². The molecular formula is C3H7FO. The molecule has 0 unspecified atom stereocenters. The van der Waals surface area contributed by atoms with E-state index in [4.69, 9.17) is 5.11 Å². The summed E-state index contributed by atoms with van der Waals surface area (Å²) < 4.78 is 0. The summed E-state index contributed by atoms with van der Waals surface area (Å²) in [4.78, 5) is 0. The lowest BCUT2D eigenvalue weighted by Crippen LogP contribution is -1.62. The van der Waals surface area contributed by atoms with Gasteiger partial charge in [-0.05, 0) is 0 Å². The minimum atomic E-state index is 0. The van der Waals surface area contributed by atoms with E-state index >= 15 is 0 Å². The molecule has 2 heteroatoms. The Bertz CT molecular complexity index is 20.9. The SMILES string of the molecule is C=CCO.F. The summed E-state index contributed by atoms with van der Waals surface area (Å²) in [6.45, 7) is 3.31. The topological polar surface area (TPSA) is 20.2 Å². The van der Waals surface area contributed by atoms with Crippen LogP contribution in [-0.4, -0.2) is 11.7 Å². The van der Waals surface area contributed by atoms with Crippen LogP contribution >= 0.6 is 0 Å². The molecule has 0 atom stereocenters. The molecule has 5 heavy (non-hydrogen) atoms. The molecule has 0 radical (unpaired) electrons. The van der Waals surface area contributed by atoms with Crippen molar-refractivity contribution < 1.29 is 9.81 Å². The third kappa shape index (κ3) is 24.3. The molecule has 0 aliphatic carbocycles. The summed E-state index contributed by atoms with van der Waals surface area (Å²) >= 11 is 0. The highest BCUT2D eigenvalue weighted by Crippen LogP contribution is 1.46. The Hall–Kier alpha value is -0.370. The lowest BCUT2D eigenvalue weighted by Gasteiger charge is -1.60. The van der Waals surface area contributed by atoms with Gasteiger partial charge >= 0.3 is 0 Å². The maximum Gasteiger partial charge on any atom is 0.0609 e. The molecule has 1 N–H and O–H groups in total. The fourth-order valence-corrected chi connectivity index (χ4v) is 0. The van der Waals surface area contributed by atoms with Gasteiger partial charge in [-0.25, -0.2) is 0 Å². The minimum absolute atomic E-state index is 0. The maximum absolute atomic E-state index is 7.76. The molecule has 0 aromatic rings. The van der Waals surface area contributed by atoms with Crippen LogP contribution in [0.4, 0.5) is 4.70 Å². The van der Waals surface area contributed by atoms with Crippen LogP contribution < -0.4 is 0 Å². The molecule has 0 amide bonds. The van der Waals surface area contributed by atoms with E-state index in [0.29, 0.717) is 0 Å². The van der Waals surface area contributed by atoms with Crippen LogP contribution in [0.3, 0.4) is 0 Å². The lowest BCUT2D eigenvalue weighted by atomic mass is 10.7. The van der Waals surface area contributed by atoms with Crippen molar-refractivity contribution in [2.75, 3.05) is 6.61 Å². The van der Waals surface area contributed by atoms with Gasteiger partial charge in [0, 0.05) is 0 Å². The molecule has 0 aliphatic heterocycles. The molecule has 0 fully saturated rings. The second-order valence-electron chi connectivity index (χ2n) is 0.471. The zero-order chi connectivity index (χ0) is 3.41. The third-order valence-electron chi connectivity index (χ3n) is 0.129. The van der Waals surface area contributed by atoms with Crippen LogP contribution in [0.2, 0.25) is 0 Å². The van der Waals surface area contributed by atoms with Crippen molar-refractivity contribution in [3.63, 3.8) is 0 Å². The van der Waals surface area contributed by atoms with Crippen LogP contribution in [0.1, 0.15) is 0 Å². The summed E-state index contributed by atoms with van der Waals surface area (Å²) in [5.41, 5.74) is 0. The van der Waals surface area contributed by atoms with E-state index in [9.17, 15) is 0 Å². The van der Waals surface area contributed by atoms with Gasteiger partial charge in [0.2, 0.25) is 0 Å². The van der Waals surface area contributed by atoms with E-state index in [1.807, 2.05) is 0 Å². The van der Waals surface area contributed by atoms with E-state index in [2.05, 4.69) is 6.58 Å². The van der Waals surface area contributed by atoms with Crippen molar-refractivity contribution >= 4 is 0 Å². The fraction of sp³-hybridized carbons (Fsp3) is 0.333. The standard InChI is InChI=1S/C3H6O.FH/c1-2-3-4;/h2,4H,1,3H2;1H. The highest BCUT2D eigenvalue weighted by atomic mass is 19.0. The monoisotopic (exact) mass is 78.0 g/mol. The number of aliphatic hydroxyl groups is 1. The van der Waals surface area contributed by atoms with Crippen LogP contribution in [0.25, 0.3) is 0 Å². The second-order valence-corrected chi connectivity index (χ2v) is 0.471. The predicted octanol–water partition coefficient (Wildman–Crippen LogP) is 0.317. The van der Waals surface area contributed by atoms with Gasteiger partial charge in [0.1, 0.15) is 0 Å².